The summed E-state index contributed by atoms with van der Waals surface area (Å²) in [5.41, 5.74) is 5.49. The van der Waals surface area contributed by atoms with Crippen molar-refractivity contribution in [2.24, 2.45) is 15.6 Å². The minimum absolute atomic E-state index is 0.0712. The fraction of sp³-hybridized carbons (Fsp3) is 0.407. The summed E-state index contributed by atoms with van der Waals surface area (Å²) in [4.78, 5) is 20.4. The van der Waals surface area contributed by atoms with Gasteiger partial charge in [0.05, 0.1) is 11.6 Å². The first-order chi connectivity index (χ1) is 15.7. The molecule has 2 unspecified atom stereocenters. The highest BCUT2D eigenvalue weighted by Crippen LogP contribution is 2.54. The van der Waals surface area contributed by atoms with Gasteiger partial charge in [0.15, 0.2) is 11.9 Å². The minimum atomic E-state index is -0.542. The lowest BCUT2D eigenvalue weighted by molar-refractivity contribution is -0.119. The Labute approximate surface area is 195 Å². The van der Waals surface area contributed by atoms with Crippen molar-refractivity contribution in [3.8, 4) is 0 Å². The van der Waals surface area contributed by atoms with Crippen molar-refractivity contribution in [1.29, 1.82) is 0 Å². The number of azo groups is 1. The molecule has 2 aliphatic heterocycles. The van der Waals surface area contributed by atoms with E-state index in [9.17, 15) is 4.79 Å². The number of fused-ring (bicyclic) bond motifs is 1. The monoisotopic (exact) mass is 441 g/mol. The van der Waals surface area contributed by atoms with Crippen LogP contribution in [-0.2, 0) is 10.2 Å². The number of aryl methyl sites for hydroxylation is 1. The van der Waals surface area contributed by atoms with E-state index >= 15 is 0 Å². The number of aromatic nitrogens is 1. The third-order valence-electron chi connectivity index (χ3n) is 7.25. The van der Waals surface area contributed by atoms with Crippen molar-refractivity contribution in [3.05, 3.63) is 76.8 Å². The Kier molecular flexibility index (Phi) is 5.00. The Bertz CT molecular complexity index is 1220. The van der Waals surface area contributed by atoms with Crippen LogP contribution in [-0.4, -0.2) is 24.0 Å². The molecule has 1 aromatic carbocycles. The van der Waals surface area contributed by atoms with Crippen LogP contribution in [0.2, 0.25) is 0 Å². The summed E-state index contributed by atoms with van der Waals surface area (Å²) in [6.07, 6.45) is 3.79. The molecule has 2 aromatic rings. The molecule has 33 heavy (non-hydrogen) atoms. The molecule has 0 fully saturated rings. The maximum Gasteiger partial charge on any atom is 0.164 e. The summed E-state index contributed by atoms with van der Waals surface area (Å²) < 4.78 is 0. The van der Waals surface area contributed by atoms with Crippen molar-refractivity contribution in [2.75, 3.05) is 11.9 Å². The summed E-state index contributed by atoms with van der Waals surface area (Å²) in [6.45, 7) is 8.49. The van der Waals surface area contributed by atoms with Crippen LogP contribution in [0.4, 0.5) is 11.5 Å². The zero-order valence-corrected chi connectivity index (χ0v) is 20.0. The SMILES string of the molecule is CCC1(c2cccc(N(C)c3cccc(C)n3)c2)C2=CN=NC2NC2=C1C(=O)CC(C)(C)C2. The van der Waals surface area contributed by atoms with Gasteiger partial charge in [0.25, 0.3) is 0 Å². The number of nitrogens with zero attached hydrogens (tertiary/aromatic N) is 4. The molecular formula is C27H31N5O. The number of pyridine rings is 1. The first kappa shape index (κ1) is 21.6. The highest BCUT2D eigenvalue weighted by Gasteiger charge is 2.53. The second kappa shape index (κ2) is 7.65. The van der Waals surface area contributed by atoms with Crippen LogP contribution in [0, 0.1) is 12.3 Å². The number of hydrogen-bond donors (Lipinski definition) is 1. The summed E-state index contributed by atoms with van der Waals surface area (Å²) in [6, 6.07) is 14.5. The summed E-state index contributed by atoms with van der Waals surface area (Å²) in [5.74, 6) is 1.11. The predicted octanol–water partition coefficient (Wildman–Crippen LogP) is 5.73. The Morgan fingerprint density at radius 3 is 2.70 bits per heavy atom. The quantitative estimate of drug-likeness (QED) is 0.658. The van der Waals surface area contributed by atoms with Crippen LogP contribution in [0.1, 0.15) is 51.3 Å². The molecule has 3 aliphatic rings. The number of carbonyl (C=O) groups excluding carboxylic acids is 1. The lowest BCUT2D eigenvalue weighted by Gasteiger charge is -2.48. The molecule has 0 saturated heterocycles. The molecule has 0 saturated carbocycles. The van der Waals surface area contributed by atoms with Gasteiger partial charge in [-0.25, -0.2) is 4.98 Å². The van der Waals surface area contributed by atoms with E-state index in [0.29, 0.717) is 6.42 Å². The second-order valence-electron chi connectivity index (χ2n) is 10.2. The minimum Gasteiger partial charge on any atom is -0.362 e. The Hall–Kier alpha value is -3.28. The number of hydrogen-bond acceptors (Lipinski definition) is 6. The normalized spacial score (nSPS) is 25.3. The van der Waals surface area contributed by atoms with E-state index in [1.54, 1.807) is 0 Å². The lowest BCUT2D eigenvalue weighted by atomic mass is 9.59. The summed E-state index contributed by atoms with van der Waals surface area (Å²) in [7, 11) is 2.03. The van der Waals surface area contributed by atoms with Gasteiger partial charge < -0.3 is 10.2 Å². The molecule has 5 rings (SSSR count). The highest BCUT2D eigenvalue weighted by atomic mass is 16.1. The number of Topliss-reactive ketones (excluding diaryl/α,β-unsaturated/α-hetero) is 1. The number of ketones is 1. The van der Waals surface area contributed by atoms with Crippen LogP contribution >= 0.6 is 0 Å². The molecule has 170 valence electrons. The largest absolute Gasteiger partial charge is 0.362 e. The molecule has 0 bridgehead atoms. The summed E-state index contributed by atoms with van der Waals surface area (Å²) >= 11 is 0. The zero-order chi connectivity index (χ0) is 23.4. The van der Waals surface area contributed by atoms with Gasteiger partial charge in [-0.05, 0) is 55.0 Å². The molecule has 1 N–H and O–H groups in total. The van der Waals surface area contributed by atoms with Gasteiger partial charge in [0, 0.05) is 41.7 Å². The van der Waals surface area contributed by atoms with E-state index in [2.05, 4.69) is 70.5 Å². The molecule has 0 spiro atoms. The number of carbonyl (C=O) groups is 1. The van der Waals surface area contributed by atoms with Crippen LogP contribution in [0.25, 0.3) is 0 Å². The molecule has 1 aromatic heterocycles. The fourth-order valence-electron chi connectivity index (χ4n) is 5.72. The Morgan fingerprint density at radius 2 is 1.94 bits per heavy atom. The van der Waals surface area contributed by atoms with Crippen molar-refractivity contribution in [1.82, 2.24) is 10.3 Å². The van der Waals surface area contributed by atoms with Crippen molar-refractivity contribution in [3.63, 3.8) is 0 Å². The van der Waals surface area contributed by atoms with E-state index in [0.717, 1.165) is 52.4 Å². The standard InChI is InChI=1S/C27H31N5O/c1-6-27(18-10-8-11-19(13-18)32(5)23-12-7-9-17(2)29-23)20-16-28-31-25(20)30-21-14-26(3,4)15-22(33)24(21)27/h7-13,16,25,30H,6,14-15H2,1-5H3. The average Bonchev–Trinajstić information content (AvgIpc) is 3.25. The number of nitrogens with one attached hydrogen (secondary N) is 1. The highest BCUT2D eigenvalue weighted by molar-refractivity contribution is 6.01. The molecule has 3 heterocycles. The number of rotatable bonds is 4. The molecule has 2 atom stereocenters. The van der Waals surface area contributed by atoms with Crippen molar-refractivity contribution >= 4 is 17.3 Å². The number of anilines is 2. The van der Waals surface area contributed by atoms with E-state index in [-0.39, 0.29) is 17.4 Å². The van der Waals surface area contributed by atoms with Gasteiger partial charge in [-0.1, -0.05) is 39.0 Å². The molecule has 6 heteroatoms. The van der Waals surface area contributed by atoms with Crippen LogP contribution < -0.4 is 10.2 Å². The zero-order valence-electron chi connectivity index (χ0n) is 20.0. The second-order valence-corrected chi connectivity index (χ2v) is 10.2. The number of allylic oxidation sites excluding steroid dienone is 2. The van der Waals surface area contributed by atoms with Crippen LogP contribution in [0.3, 0.4) is 0 Å². The third-order valence-corrected chi connectivity index (χ3v) is 7.25. The van der Waals surface area contributed by atoms with E-state index in [1.165, 1.54) is 0 Å². The van der Waals surface area contributed by atoms with Crippen molar-refractivity contribution < 1.29 is 4.79 Å². The van der Waals surface area contributed by atoms with Crippen LogP contribution in [0.5, 0.6) is 0 Å². The van der Waals surface area contributed by atoms with Gasteiger partial charge in [-0.2, -0.15) is 10.2 Å². The van der Waals surface area contributed by atoms with Gasteiger partial charge in [-0.3, -0.25) is 4.79 Å². The summed E-state index contributed by atoms with van der Waals surface area (Å²) in [5, 5.41) is 12.3. The van der Waals surface area contributed by atoms with E-state index < -0.39 is 5.41 Å². The van der Waals surface area contributed by atoms with E-state index in [1.807, 2.05) is 38.4 Å². The van der Waals surface area contributed by atoms with Gasteiger partial charge in [0.2, 0.25) is 0 Å². The first-order valence-electron chi connectivity index (χ1n) is 11.7. The fourth-order valence-corrected chi connectivity index (χ4v) is 5.72. The first-order valence-corrected chi connectivity index (χ1v) is 11.7. The van der Waals surface area contributed by atoms with Crippen LogP contribution in [0.15, 0.2) is 75.7 Å². The Balaban J connectivity index is 1.67. The Morgan fingerprint density at radius 1 is 1.15 bits per heavy atom. The van der Waals surface area contributed by atoms with E-state index in [4.69, 9.17) is 0 Å². The molecule has 0 amide bonds. The molecule has 6 nitrogen and oxygen atoms in total. The lowest BCUT2D eigenvalue weighted by Crippen LogP contribution is -2.51. The maximum atomic E-state index is 13.7. The third kappa shape index (κ3) is 3.39. The topological polar surface area (TPSA) is 70.0 Å². The van der Waals surface area contributed by atoms with Crippen molar-refractivity contribution in [2.45, 2.75) is 58.5 Å². The van der Waals surface area contributed by atoms with Gasteiger partial charge in [0.1, 0.15) is 5.82 Å². The average molecular weight is 442 g/mol. The molecule has 1 aliphatic carbocycles. The smallest absolute Gasteiger partial charge is 0.164 e. The molecule has 0 radical (unpaired) electrons. The number of benzene rings is 1. The maximum absolute atomic E-state index is 13.7. The van der Waals surface area contributed by atoms with Gasteiger partial charge >= 0.3 is 0 Å². The van der Waals surface area contributed by atoms with Gasteiger partial charge in [-0.15, -0.1) is 0 Å². The molecular weight excluding hydrogens is 410 g/mol. The predicted molar refractivity (Wildman–Crippen MR) is 130 cm³/mol.